The van der Waals surface area contributed by atoms with Crippen molar-refractivity contribution < 1.29 is 0 Å². The van der Waals surface area contributed by atoms with E-state index >= 15 is 0 Å². The SMILES string of the molecule is CN(CC1CCNC1)c1cc(Cl)ccc1Cl. The Bertz CT molecular complexity index is 362. The first kappa shape index (κ1) is 12.0. The maximum Gasteiger partial charge on any atom is 0.0640 e. The molecule has 1 aliphatic heterocycles. The zero-order valence-electron chi connectivity index (χ0n) is 9.34. The highest BCUT2D eigenvalue weighted by Crippen LogP contribution is 2.29. The summed E-state index contributed by atoms with van der Waals surface area (Å²) in [5.74, 6) is 0.708. The Kier molecular flexibility index (Phi) is 3.95. The van der Waals surface area contributed by atoms with Crippen LogP contribution in [0.1, 0.15) is 6.42 Å². The third-order valence-corrected chi connectivity index (χ3v) is 3.57. The molecule has 88 valence electrons. The molecule has 1 atom stereocenters. The van der Waals surface area contributed by atoms with Crippen LogP contribution in [-0.2, 0) is 0 Å². The second-order valence-corrected chi connectivity index (χ2v) is 5.18. The molecule has 1 aromatic carbocycles. The number of halogens is 2. The predicted octanol–water partition coefficient (Wildman–Crippen LogP) is 3.04. The van der Waals surface area contributed by atoms with Crippen LogP contribution in [0, 0.1) is 5.92 Å². The highest BCUT2D eigenvalue weighted by atomic mass is 35.5. The van der Waals surface area contributed by atoms with Crippen molar-refractivity contribution in [3.8, 4) is 0 Å². The fraction of sp³-hybridized carbons (Fsp3) is 0.500. The van der Waals surface area contributed by atoms with Crippen molar-refractivity contribution in [3.05, 3.63) is 28.2 Å². The van der Waals surface area contributed by atoms with E-state index in [1.54, 1.807) is 0 Å². The molecule has 16 heavy (non-hydrogen) atoms. The molecule has 1 aromatic rings. The van der Waals surface area contributed by atoms with Crippen LogP contribution < -0.4 is 10.2 Å². The normalized spacial score (nSPS) is 20.1. The molecule has 1 saturated heterocycles. The monoisotopic (exact) mass is 258 g/mol. The van der Waals surface area contributed by atoms with Gasteiger partial charge < -0.3 is 10.2 Å². The number of nitrogens with zero attached hydrogens (tertiary/aromatic N) is 1. The zero-order valence-corrected chi connectivity index (χ0v) is 10.9. The third kappa shape index (κ3) is 2.82. The molecule has 4 heteroatoms. The van der Waals surface area contributed by atoms with Gasteiger partial charge in [-0.3, -0.25) is 0 Å². The summed E-state index contributed by atoms with van der Waals surface area (Å²) in [5, 5.41) is 4.86. The van der Waals surface area contributed by atoms with Crippen LogP contribution in [0.15, 0.2) is 18.2 Å². The van der Waals surface area contributed by atoms with Gasteiger partial charge in [0.25, 0.3) is 0 Å². The van der Waals surface area contributed by atoms with Crippen molar-refractivity contribution in [1.82, 2.24) is 5.32 Å². The number of anilines is 1. The number of hydrogen-bond acceptors (Lipinski definition) is 2. The van der Waals surface area contributed by atoms with Crippen LogP contribution in [0.25, 0.3) is 0 Å². The number of nitrogens with one attached hydrogen (secondary N) is 1. The Morgan fingerprint density at radius 1 is 1.44 bits per heavy atom. The summed E-state index contributed by atoms with van der Waals surface area (Å²) in [6.45, 7) is 3.25. The molecule has 0 aliphatic carbocycles. The fourth-order valence-electron chi connectivity index (χ4n) is 2.13. The molecule has 1 N–H and O–H groups in total. The maximum absolute atomic E-state index is 6.16. The van der Waals surface area contributed by atoms with Gasteiger partial charge in [0.2, 0.25) is 0 Å². The Balaban J connectivity index is 2.07. The van der Waals surface area contributed by atoms with Gasteiger partial charge in [-0.15, -0.1) is 0 Å². The van der Waals surface area contributed by atoms with Crippen LogP contribution >= 0.6 is 23.2 Å². The van der Waals surface area contributed by atoms with E-state index in [1.807, 2.05) is 18.2 Å². The molecule has 2 nitrogen and oxygen atoms in total. The molecule has 1 unspecified atom stereocenters. The first-order chi connectivity index (χ1) is 7.66. The molecule has 0 aromatic heterocycles. The third-order valence-electron chi connectivity index (χ3n) is 3.01. The Morgan fingerprint density at radius 2 is 2.25 bits per heavy atom. The van der Waals surface area contributed by atoms with Crippen LogP contribution in [0.4, 0.5) is 5.69 Å². The summed E-state index contributed by atoms with van der Waals surface area (Å²) in [6.07, 6.45) is 1.24. The lowest BCUT2D eigenvalue weighted by Gasteiger charge is -2.23. The summed E-state index contributed by atoms with van der Waals surface area (Å²) in [6, 6.07) is 5.59. The molecule has 0 saturated carbocycles. The Labute approximate surface area is 107 Å². The van der Waals surface area contributed by atoms with Gasteiger partial charge in [-0.05, 0) is 43.6 Å². The van der Waals surface area contributed by atoms with Gasteiger partial charge in [-0.2, -0.15) is 0 Å². The van der Waals surface area contributed by atoms with Crippen molar-refractivity contribution in [2.24, 2.45) is 5.92 Å². The van der Waals surface area contributed by atoms with E-state index in [0.717, 1.165) is 35.4 Å². The molecule has 1 fully saturated rings. The number of benzene rings is 1. The van der Waals surface area contributed by atoms with Crippen LogP contribution in [0.3, 0.4) is 0 Å². The van der Waals surface area contributed by atoms with E-state index in [4.69, 9.17) is 23.2 Å². The topological polar surface area (TPSA) is 15.3 Å². The van der Waals surface area contributed by atoms with E-state index in [1.165, 1.54) is 6.42 Å². The summed E-state index contributed by atoms with van der Waals surface area (Å²) >= 11 is 12.1. The molecular weight excluding hydrogens is 243 g/mol. The summed E-state index contributed by atoms with van der Waals surface area (Å²) in [4.78, 5) is 2.19. The molecule has 0 spiro atoms. The summed E-state index contributed by atoms with van der Waals surface area (Å²) < 4.78 is 0. The van der Waals surface area contributed by atoms with E-state index in [0.29, 0.717) is 5.92 Å². The maximum atomic E-state index is 6.16. The van der Waals surface area contributed by atoms with Crippen molar-refractivity contribution >= 4 is 28.9 Å². The van der Waals surface area contributed by atoms with Crippen LogP contribution in [0.5, 0.6) is 0 Å². The number of hydrogen-bond donors (Lipinski definition) is 1. The lowest BCUT2D eigenvalue weighted by atomic mass is 10.1. The molecule has 0 radical (unpaired) electrons. The molecule has 1 aliphatic rings. The molecule has 2 rings (SSSR count). The fourth-order valence-corrected chi connectivity index (χ4v) is 2.56. The van der Waals surface area contributed by atoms with Gasteiger partial charge in [0.15, 0.2) is 0 Å². The molecule has 0 amide bonds. The molecular formula is C12H16Cl2N2. The van der Waals surface area contributed by atoms with E-state index in [9.17, 15) is 0 Å². The van der Waals surface area contributed by atoms with Crippen LogP contribution in [-0.4, -0.2) is 26.7 Å². The first-order valence-corrected chi connectivity index (χ1v) is 6.29. The average Bonchev–Trinajstić information content (AvgIpc) is 2.74. The van der Waals surface area contributed by atoms with Crippen molar-refractivity contribution in [1.29, 1.82) is 0 Å². The molecule has 0 bridgehead atoms. The Hall–Kier alpha value is -0.440. The number of rotatable bonds is 3. The standard InChI is InChI=1S/C12H16Cl2N2/c1-16(8-9-4-5-15-7-9)12-6-10(13)2-3-11(12)14/h2-3,6,9,15H,4-5,7-8H2,1H3. The van der Waals surface area contributed by atoms with Gasteiger partial charge in [-0.25, -0.2) is 0 Å². The highest BCUT2D eigenvalue weighted by molar-refractivity contribution is 6.35. The second kappa shape index (κ2) is 5.26. The first-order valence-electron chi connectivity index (χ1n) is 5.53. The summed E-state index contributed by atoms with van der Waals surface area (Å²) in [5.41, 5.74) is 1.01. The lowest BCUT2D eigenvalue weighted by molar-refractivity contribution is 0.578. The van der Waals surface area contributed by atoms with Crippen LogP contribution in [0.2, 0.25) is 10.0 Å². The quantitative estimate of drug-likeness (QED) is 0.897. The minimum atomic E-state index is 0.708. The van der Waals surface area contributed by atoms with E-state index in [-0.39, 0.29) is 0 Å². The zero-order chi connectivity index (χ0) is 11.5. The summed E-state index contributed by atoms with van der Waals surface area (Å²) in [7, 11) is 2.07. The minimum absolute atomic E-state index is 0.708. The van der Waals surface area contributed by atoms with Crippen molar-refractivity contribution in [2.45, 2.75) is 6.42 Å². The van der Waals surface area contributed by atoms with Gasteiger partial charge >= 0.3 is 0 Å². The Morgan fingerprint density at radius 3 is 2.94 bits per heavy atom. The second-order valence-electron chi connectivity index (χ2n) is 4.34. The van der Waals surface area contributed by atoms with Gasteiger partial charge in [-0.1, -0.05) is 23.2 Å². The van der Waals surface area contributed by atoms with Crippen molar-refractivity contribution in [3.63, 3.8) is 0 Å². The average molecular weight is 259 g/mol. The van der Waals surface area contributed by atoms with Gasteiger partial charge in [0.1, 0.15) is 0 Å². The minimum Gasteiger partial charge on any atom is -0.373 e. The largest absolute Gasteiger partial charge is 0.373 e. The lowest BCUT2D eigenvalue weighted by Crippen LogP contribution is -2.26. The smallest absolute Gasteiger partial charge is 0.0640 e. The van der Waals surface area contributed by atoms with Crippen molar-refractivity contribution in [2.75, 3.05) is 31.6 Å². The molecule has 1 heterocycles. The van der Waals surface area contributed by atoms with E-state index < -0.39 is 0 Å². The van der Waals surface area contributed by atoms with Gasteiger partial charge in [0.05, 0.1) is 10.7 Å². The van der Waals surface area contributed by atoms with Gasteiger partial charge in [0, 0.05) is 18.6 Å². The predicted molar refractivity (Wildman–Crippen MR) is 70.7 cm³/mol. The van der Waals surface area contributed by atoms with E-state index in [2.05, 4.69) is 17.3 Å². The highest BCUT2D eigenvalue weighted by Gasteiger charge is 2.17.